The van der Waals surface area contributed by atoms with Crippen LogP contribution in [0.5, 0.6) is 0 Å². The lowest BCUT2D eigenvalue weighted by Gasteiger charge is -2.40. The van der Waals surface area contributed by atoms with Crippen molar-refractivity contribution in [3.63, 3.8) is 0 Å². The summed E-state index contributed by atoms with van der Waals surface area (Å²) in [5.74, 6) is 0. The summed E-state index contributed by atoms with van der Waals surface area (Å²) in [5, 5.41) is 37.2. The smallest absolute Gasteiger partial charge is 0.112 e. The minimum atomic E-state index is -1.32. The molecule has 1 aliphatic heterocycles. The maximum absolute atomic E-state index is 9.51. The molecule has 5 atom stereocenters. The first kappa shape index (κ1) is 11.6. The van der Waals surface area contributed by atoms with Gasteiger partial charge in [0.15, 0.2) is 0 Å². The highest BCUT2D eigenvalue weighted by molar-refractivity contribution is 5.07. The Morgan fingerprint density at radius 2 is 1.79 bits per heavy atom. The van der Waals surface area contributed by atoms with Crippen LogP contribution in [0.15, 0.2) is 12.2 Å². The fraction of sp³-hybridized carbons (Fsp3) is 0.778. The van der Waals surface area contributed by atoms with Crippen molar-refractivity contribution < 1.29 is 25.2 Å². The molecule has 5 nitrogen and oxygen atoms in total. The summed E-state index contributed by atoms with van der Waals surface area (Å²) in [6, 6.07) is 0. The first-order chi connectivity index (χ1) is 6.49. The standard InChI is InChI=1S/C9H16O5/c1-4(2)9-8(13)7(12)6(11)5(3-10)14-9/h5-13H,1,3H2,2H3. The van der Waals surface area contributed by atoms with Crippen LogP contribution in [0, 0.1) is 0 Å². The second kappa shape index (κ2) is 4.37. The van der Waals surface area contributed by atoms with Gasteiger partial charge in [0.1, 0.15) is 30.5 Å². The predicted octanol–water partition coefficient (Wildman–Crippen LogP) is -1.60. The number of aliphatic hydroxyl groups is 4. The zero-order valence-electron chi connectivity index (χ0n) is 8.00. The summed E-state index contributed by atoms with van der Waals surface area (Å²) in [7, 11) is 0. The number of ether oxygens (including phenoxy) is 1. The van der Waals surface area contributed by atoms with Crippen LogP contribution in [0.1, 0.15) is 6.92 Å². The van der Waals surface area contributed by atoms with Crippen molar-refractivity contribution in [1.82, 2.24) is 0 Å². The lowest BCUT2D eigenvalue weighted by Crippen LogP contribution is -2.58. The van der Waals surface area contributed by atoms with E-state index in [1.807, 2.05) is 0 Å². The van der Waals surface area contributed by atoms with Gasteiger partial charge in [-0.1, -0.05) is 6.58 Å². The minimum absolute atomic E-state index is 0.408. The average molecular weight is 204 g/mol. The first-order valence-electron chi connectivity index (χ1n) is 4.45. The Kier molecular flexibility index (Phi) is 3.63. The van der Waals surface area contributed by atoms with Gasteiger partial charge in [-0.2, -0.15) is 0 Å². The van der Waals surface area contributed by atoms with E-state index in [0.29, 0.717) is 5.57 Å². The lowest BCUT2D eigenvalue weighted by molar-refractivity contribution is -0.219. The molecule has 0 aliphatic carbocycles. The molecule has 0 saturated carbocycles. The zero-order chi connectivity index (χ0) is 10.9. The highest BCUT2D eigenvalue weighted by Gasteiger charge is 2.43. The maximum Gasteiger partial charge on any atom is 0.112 e. The summed E-state index contributed by atoms with van der Waals surface area (Å²) in [5.41, 5.74) is 0.543. The van der Waals surface area contributed by atoms with Crippen LogP contribution in [0.4, 0.5) is 0 Å². The molecular weight excluding hydrogens is 188 g/mol. The zero-order valence-corrected chi connectivity index (χ0v) is 8.00. The minimum Gasteiger partial charge on any atom is -0.394 e. The normalized spacial score (nSPS) is 43.6. The first-order valence-corrected chi connectivity index (χ1v) is 4.45. The van der Waals surface area contributed by atoms with Gasteiger partial charge in [-0.05, 0) is 12.5 Å². The lowest BCUT2D eigenvalue weighted by atomic mass is 9.92. The van der Waals surface area contributed by atoms with Crippen molar-refractivity contribution in [2.24, 2.45) is 0 Å². The third kappa shape index (κ3) is 1.97. The molecule has 1 heterocycles. The Bertz CT molecular complexity index is 215. The van der Waals surface area contributed by atoms with Crippen LogP contribution in [-0.2, 0) is 4.74 Å². The third-order valence-corrected chi connectivity index (χ3v) is 2.38. The molecule has 0 aromatic heterocycles. The third-order valence-electron chi connectivity index (χ3n) is 2.38. The van der Waals surface area contributed by atoms with Gasteiger partial charge in [-0.15, -0.1) is 0 Å². The maximum atomic E-state index is 9.51. The largest absolute Gasteiger partial charge is 0.394 e. The number of aliphatic hydroxyl groups excluding tert-OH is 4. The monoisotopic (exact) mass is 204 g/mol. The van der Waals surface area contributed by atoms with Gasteiger partial charge in [0.25, 0.3) is 0 Å². The molecule has 4 N–H and O–H groups in total. The quantitative estimate of drug-likeness (QED) is 0.407. The van der Waals surface area contributed by atoms with Gasteiger partial charge >= 0.3 is 0 Å². The number of hydrogen-bond donors (Lipinski definition) is 4. The molecule has 0 spiro atoms. The predicted molar refractivity (Wildman–Crippen MR) is 48.6 cm³/mol. The SMILES string of the molecule is C=C(C)C1OC(CO)C(O)C(O)C1O. The Morgan fingerprint density at radius 3 is 2.21 bits per heavy atom. The Hall–Kier alpha value is -0.460. The second-order valence-corrected chi connectivity index (χ2v) is 3.60. The molecule has 5 unspecified atom stereocenters. The Morgan fingerprint density at radius 1 is 1.21 bits per heavy atom. The fourth-order valence-electron chi connectivity index (χ4n) is 1.51. The topological polar surface area (TPSA) is 90.2 Å². The molecule has 0 aromatic rings. The van der Waals surface area contributed by atoms with Gasteiger partial charge in [-0.3, -0.25) is 0 Å². The molecule has 0 amide bonds. The van der Waals surface area contributed by atoms with E-state index >= 15 is 0 Å². The van der Waals surface area contributed by atoms with Gasteiger partial charge in [-0.25, -0.2) is 0 Å². The van der Waals surface area contributed by atoms with Crippen molar-refractivity contribution in [2.45, 2.75) is 37.4 Å². The molecule has 5 heteroatoms. The second-order valence-electron chi connectivity index (χ2n) is 3.60. The Balaban J connectivity index is 2.78. The highest BCUT2D eigenvalue weighted by atomic mass is 16.5. The van der Waals surface area contributed by atoms with Gasteiger partial charge < -0.3 is 25.2 Å². The number of hydrogen-bond acceptors (Lipinski definition) is 5. The molecule has 1 fully saturated rings. The molecule has 0 radical (unpaired) electrons. The average Bonchev–Trinajstić information content (AvgIpc) is 2.14. The molecule has 14 heavy (non-hydrogen) atoms. The van der Waals surface area contributed by atoms with Gasteiger partial charge in [0.05, 0.1) is 6.61 Å². The van der Waals surface area contributed by atoms with Crippen LogP contribution < -0.4 is 0 Å². The van der Waals surface area contributed by atoms with Crippen LogP contribution >= 0.6 is 0 Å². The summed E-state index contributed by atoms with van der Waals surface area (Å²) >= 11 is 0. The summed E-state index contributed by atoms with van der Waals surface area (Å²) in [6.07, 6.45) is -5.42. The molecule has 0 aromatic carbocycles. The van der Waals surface area contributed by atoms with E-state index in [2.05, 4.69) is 6.58 Å². The van der Waals surface area contributed by atoms with E-state index in [-0.39, 0.29) is 0 Å². The molecular formula is C9H16O5. The van der Waals surface area contributed by atoms with Gasteiger partial charge in [0, 0.05) is 0 Å². The van der Waals surface area contributed by atoms with Crippen LogP contribution in [0.25, 0.3) is 0 Å². The summed E-state index contributed by atoms with van der Waals surface area (Å²) in [4.78, 5) is 0. The summed E-state index contributed by atoms with van der Waals surface area (Å²) in [6.45, 7) is 4.84. The molecule has 82 valence electrons. The van der Waals surface area contributed by atoms with E-state index in [1.165, 1.54) is 0 Å². The van der Waals surface area contributed by atoms with E-state index < -0.39 is 37.1 Å². The van der Waals surface area contributed by atoms with Crippen LogP contribution in [0.3, 0.4) is 0 Å². The van der Waals surface area contributed by atoms with E-state index in [0.717, 1.165) is 0 Å². The van der Waals surface area contributed by atoms with Crippen molar-refractivity contribution >= 4 is 0 Å². The molecule has 1 saturated heterocycles. The number of rotatable bonds is 2. The summed E-state index contributed by atoms with van der Waals surface area (Å²) < 4.78 is 5.18. The van der Waals surface area contributed by atoms with Crippen LogP contribution in [0.2, 0.25) is 0 Å². The van der Waals surface area contributed by atoms with E-state index in [1.54, 1.807) is 6.92 Å². The van der Waals surface area contributed by atoms with Crippen molar-refractivity contribution in [3.05, 3.63) is 12.2 Å². The Labute approximate surface area is 82.3 Å². The highest BCUT2D eigenvalue weighted by Crippen LogP contribution is 2.24. The fourth-order valence-corrected chi connectivity index (χ4v) is 1.51. The van der Waals surface area contributed by atoms with Crippen molar-refractivity contribution in [2.75, 3.05) is 6.61 Å². The van der Waals surface area contributed by atoms with E-state index in [9.17, 15) is 15.3 Å². The molecule has 1 rings (SSSR count). The van der Waals surface area contributed by atoms with Crippen molar-refractivity contribution in [1.29, 1.82) is 0 Å². The van der Waals surface area contributed by atoms with E-state index in [4.69, 9.17) is 9.84 Å². The molecule has 0 bridgehead atoms. The van der Waals surface area contributed by atoms with Crippen LogP contribution in [-0.4, -0.2) is 57.6 Å². The molecule has 1 aliphatic rings. The van der Waals surface area contributed by atoms with Gasteiger partial charge in [0.2, 0.25) is 0 Å². The van der Waals surface area contributed by atoms with Crippen molar-refractivity contribution in [3.8, 4) is 0 Å².